The summed E-state index contributed by atoms with van der Waals surface area (Å²) in [6.07, 6.45) is 7.14. The standard InChI is InChI=1S/C22H17N5O/c28-22-20-19(17-11-25-26(13-17)12-16-7-3-1-4-8-16)14-27(21(20)23-15-24-22)18-9-5-2-6-10-18/h1-11,13-15H,12H2,(H,23,24,28). The van der Waals surface area contributed by atoms with Gasteiger partial charge in [0.1, 0.15) is 0 Å². The molecule has 6 nitrogen and oxygen atoms in total. The normalized spacial score (nSPS) is 11.1. The molecule has 136 valence electrons. The van der Waals surface area contributed by atoms with Crippen molar-refractivity contribution in [3.63, 3.8) is 0 Å². The third-order valence-electron chi connectivity index (χ3n) is 4.75. The van der Waals surface area contributed by atoms with E-state index in [1.807, 2.05) is 70.2 Å². The molecule has 0 atom stereocenters. The van der Waals surface area contributed by atoms with Crippen LogP contribution in [0.15, 0.2) is 90.4 Å². The van der Waals surface area contributed by atoms with Crippen molar-refractivity contribution in [2.24, 2.45) is 0 Å². The Morgan fingerprint density at radius 3 is 2.46 bits per heavy atom. The fourth-order valence-electron chi connectivity index (χ4n) is 3.43. The van der Waals surface area contributed by atoms with E-state index in [0.717, 1.165) is 16.8 Å². The van der Waals surface area contributed by atoms with Crippen LogP contribution in [0.2, 0.25) is 0 Å². The maximum atomic E-state index is 12.6. The zero-order valence-corrected chi connectivity index (χ0v) is 15.0. The minimum atomic E-state index is -0.162. The molecule has 0 saturated heterocycles. The molecule has 6 heteroatoms. The molecule has 0 aliphatic rings. The zero-order valence-electron chi connectivity index (χ0n) is 15.0. The lowest BCUT2D eigenvalue weighted by Gasteiger charge is -2.02. The third-order valence-corrected chi connectivity index (χ3v) is 4.75. The molecule has 0 bridgehead atoms. The van der Waals surface area contributed by atoms with E-state index in [2.05, 4.69) is 27.2 Å². The Bertz CT molecular complexity index is 1300. The van der Waals surface area contributed by atoms with E-state index in [0.29, 0.717) is 17.6 Å². The number of fused-ring (bicyclic) bond motifs is 1. The molecular weight excluding hydrogens is 350 g/mol. The van der Waals surface area contributed by atoms with Crippen LogP contribution in [0.1, 0.15) is 5.56 Å². The summed E-state index contributed by atoms with van der Waals surface area (Å²) in [6, 6.07) is 20.0. The van der Waals surface area contributed by atoms with Gasteiger partial charge in [0.2, 0.25) is 0 Å². The van der Waals surface area contributed by atoms with E-state index in [1.165, 1.54) is 11.9 Å². The number of nitrogens with one attached hydrogen (secondary N) is 1. The lowest BCUT2D eigenvalue weighted by Crippen LogP contribution is -2.07. The number of benzene rings is 2. The van der Waals surface area contributed by atoms with Crippen LogP contribution < -0.4 is 5.56 Å². The second-order valence-corrected chi connectivity index (χ2v) is 6.59. The molecule has 3 heterocycles. The average molecular weight is 367 g/mol. The van der Waals surface area contributed by atoms with Crippen LogP contribution in [-0.4, -0.2) is 24.3 Å². The quantitative estimate of drug-likeness (QED) is 0.527. The van der Waals surface area contributed by atoms with Gasteiger partial charge in [0.05, 0.1) is 24.5 Å². The summed E-state index contributed by atoms with van der Waals surface area (Å²) in [5.41, 5.74) is 4.28. The highest BCUT2D eigenvalue weighted by Crippen LogP contribution is 2.29. The highest BCUT2D eigenvalue weighted by atomic mass is 16.1. The van der Waals surface area contributed by atoms with Gasteiger partial charge < -0.3 is 9.55 Å². The molecule has 0 fully saturated rings. The van der Waals surface area contributed by atoms with Crippen molar-refractivity contribution in [2.45, 2.75) is 6.54 Å². The Morgan fingerprint density at radius 2 is 1.68 bits per heavy atom. The minimum absolute atomic E-state index is 0.162. The first-order chi connectivity index (χ1) is 13.8. The number of para-hydroxylation sites is 1. The minimum Gasteiger partial charge on any atom is -0.312 e. The van der Waals surface area contributed by atoms with Crippen LogP contribution in [0.25, 0.3) is 27.8 Å². The smallest absolute Gasteiger partial charge is 0.260 e. The maximum absolute atomic E-state index is 12.6. The average Bonchev–Trinajstić information content (AvgIpc) is 3.35. The molecule has 5 rings (SSSR count). The first-order valence-corrected chi connectivity index (χ1v) is 9.00. The molecular formula is C22H17N5O. The summed E-state index contributed by atoms with van der Waals surface area (Å²) in [6.45, 7) is 0.673. The molecule has 5 aromatic rings. The summed E-state index contributed by atoms with van der Waals surface area (Å²) < 4.78 is 3.81. The summed E-state index contributed by atoms with van der Waals surface area (Å²) in [5.74, 6) is 0. The molecule has 0 unspecified atom stereocenters. The topological polar surface area (TPSA) is 68.5 Å². The van der Waals surface area contributed by atoms with Crippen molar-refractivity contribution in [3.05, 3.63) is 101 Å². The molecule has 28 heavy (non-hydrogen) atoms. The Morgan fingerprint density at radius 1 is 0.929 bits per heavy atom. The SMILES string of the molecule is O=c1[nH]cnc2c1c(-c1cnn(Cc3ccccc3)c1)cn2-c1ccccc1. The van der Waals surface area contributed by atoms with Crippen LogP contribution in [-0.2, 0) is 6.54 Å². The second-order valence-electron chi connectivity index (χ2n) is 6.59. The molecule has 0 radical (unpaired) electrons. The van der Waals surface area contributed by atoms with Gasteiger partial charge in [-0.05, 0) is 17.7 Å². The molecule has 3 aromatic heterocycles. The first kappa shape index (κ1) is 16.3. The molecule has 1 N–H and O–H groups in total. The van der Waals surface area contributed by atoms with Gasteiger partial charge in [0.25, 0.3) is 5.56 Å². The van der Waals surface area contributed by atoms with Crippen LogP contribution in [0, 0.1) is 0 Å². The van der Waals surface area contributed by atoms with E-state index < -0.39 is 0 Å². The largest absolute Gasteiger partial charge is 0.312 e. The van der Waals surface area contributed by atoms with Crippen LogP contribution >= 0.6 is 0 Å². The Labute approximate surface area is 160 Å². The van der Waals surface area contributed by atoms with Crippen molar-refractivity contribution < 1.29 is 0 Å². The number of aromatic amines is 1. The zero-order chi connectivity index (χ0) is 18.9. The fraction of sp³-hybridized carbons (Fsp3) is 0.0455. The van der Waals surface area contributed by atoms with Crippen molar-refractivity contribution in [1.82, 2.24) is 24.3 Å². The predicted molar refractivity (Wildman–Crippen MR) is 108 cm³/mol. The van der Waals surface area contributed by atoms with E-state index in [9.17, 15) is 4.79 Å². The third kappa shape index (κ3) is 2.81. The van der Waals surface area contributed by atoms with Crippen LogP contribution in [0.3, 0.4) is 0 Å². The summed E-state index contributed by atoms with van der Waals surface area (Å²) in [5, 5.41) is 5.04. The first-order valence-electron chi connectivity index (χ1n) is 9.00. The lowest BCUT2D eigenvalue weighted by molar-refractivity contribution is 0.687. The highest BCUT2D eigenvalue weighted by molar-refractivity contribution is 5.94. The van der Waals surface area contributed by atoms with Gasteiger partial charge in [-0.25, -0.2) is 4.98 Å². The molecule has 0 spiro atoms. The molecule has 0 amide bonds. The number of hydrogen-bond acceptors (Lipinski definition) is 3. The fourth-order valence-corrected chi connectivity index (χ4v) is 3.43. The van der Waals surface area contributed by atoms with Gasteiger partial charge >= 0.3 is 0 Å². The predicted octanol–water partition coefficient (Wildman–Crippen LogP) is 3.63. The van der Waals surface area contributed by atoms with Gasteiger partial charge in [-0.3, -0.25) is 9.48 Å². The summed E-state index contributed by atoms with van der Waals surface area (Å²) >= 11 is 0. The van der Waals surface area contributed by atoms with Crippen molar-refractivity contribution in [3.8, 4) is 16.8 Å². The summed E-state index contributed by atoms with van der Waals surface area (Å²) in [4.78, 5) is 19.7. The van der Waals surface area contributed by atoms with E-state index >= 15 is 0 Å². The summed E-state index contributed by atoms with van der Waals surface area (Å²) in [7, 11) is 0. The number of hydrogen-bond donors (Lipinski definition) is 1. The van der Waals surface area contributed by atoms with Crippen molar-refractivity contribution in [1.29, 1.82) is 0 Å². The lowest BCUT2D eigenvalue weighted by atomic mass is 10.1. The molecule has 2 aromatic carbocycles. The molecule has 0 saturated carbocycles. The number of nitrogens with zero attached hydrogens (tertiary/aromatic N) is 4. The van der Waals surface area contributed by atoms with Crippen molar-refractivity contribution in [2.75, 3.05) is 0 Å². The van der Waals surface area contributed by atoms with Gasteiger partial charge in [-0.1, -0.05) is 48.5 Å². The van der Waals surface area contributed by atoms with Gasteiger partial charge in [-0.2, -0.15) is 5.10 Å². The highest BCUT2D eigenvalue weighted by Gasteiger charge is 2.17. The number of aromatic nitrogens is 5. The monoisotopic (exact) mass is 367 g/mol. The van der Waals surface area contributed by atoms with Gasteiger partial charge in [0, 0.05) is 29.2 Å². The Balaban J connectivity index is 1.63. The van der Waals surface area contributed by atoms with Crippen molar-refractivity contribution >= 4 is 11.0 Å². The number of rotatable bonds is 4. The van der Waals surface area contributed by atoms with Crippen LogP contribution in [0.5, 0.6) is 0 Å². The van der Waals surface area contributed by atoms with Gasteiger partial charge in [-0.15, -0.1) is 0 Å². The Kier molecular flexibility index (Phi) is 3.87. The Hall–Kier alpha value is -3.93. The van der Waals surface area contributed by atoms with E-state index in [1.54, 1.807) is 6.20 Å². The molecule has 0 aliphatic carbocycles. The van der Waals surface area contributed by atoms with E-state index in [-0.39, 0.29) is 5.56 Å². The van der Waals surface area contributed by atoms with Crippen LogP contribution in [0.4, 0.5) is 0 Å². The second kappa shape index (κ2) is 6.66. The van der Waals surface area contributed by atoms with Gasteiger partial charge in [0.15, 0.2) is 5.65 Å². The number of H-pyrrole nitrogens is 1. The van der Waals surface area contributed by atoms with E-state index in [4.69, 9.17) is 0 Å². The molecule has 0 aliphatic heterocycles. The maximum Gasteiger partial charge on any atom is 0.260 e.